The van der Waals surface area contributed by atoms with Gasteiger partial charge in [0.05, 0.1) is 19.8 Å². The average Bonchev–Trinajstić information content (AvgIpc) is 2.05. The van der Waals surface area contributed by atoms with Crippen LogP contribution in [0.5, 0.6) is 0 Å². The number of nitrogens with two attached hydrogens (primary N) is 1. The van der Waals surface area contributed by atoms with Gasteiger partial charge in [-0.05, 0) is 17.7 Å². The van der Waals surface area contributed by atoms with Crippen LogP contribution in [0.2, 0.25) is 5.02 Å². The van der Waals surface area contributed by atoms with Gasteiger partial charge in [0, 0.05) is 10.7 Å². The first-order valence-electron chi connectivity index (χ1n) is 4.49. The van der Waals surface area contributed by atoms with Gasteiger partial charge in [0.25, 0.3) is 0 Å². The predicted molar refractivity (Wildman–Crippen MR) is 55.3 cm³/mol. The van der Waals surface area contributed by atoms with E-state index in [4.69, 9.17) is 26.8 Å². The number of ether oxygens (including phenoxy) is 2. The summed E-state index contributed by atoms with van der Waals surface area (Å²) in [5.74, 6) is 0. The second kappa shape index (κ2) is 4.17. The number of hydrogen-bond acceptors (Lipinski definition) is 3. The first kappa shape index (κ1) is 9.77. The van der Waals surface area contributed by atoms with Crippen LogP contribution in [0.1, 0.15) is 5.56 Å². The molecule has 1 saturated heterocycles. The topological polar surface area (TPSA) is 44.5 Å². The van der Waals surface area contributed by atoms with Gasteiger partial charge in [-0.1, -0.05) is 17.7 Å². The second-order valence-corrected chi connectivity index (χ2v) is 3.73. The van der Waals surface area contributed by atoms with E-state index >= 15 is 0 Å². The molecule has 0 atom stereocenters. The van der Waals surface area contributed by atoms with Gasteiger partial charge < -0.3 is 15.2 Å². The summed E-state index contributed by atoms with van der Waals surface area (Å²) in [6.07, 6.45) is 0.226. The molecule has 0 amide bonds. The van der Waals surface area contributed by atoms with Gasteiger partial charge >= 0.3 is 0 Å². The molecule has 14 heavy (non-hydrogen) atoms. The number of nitrogen functional groups attached to an aromatic ring is 1. The standard InChI is InChI=1S/C10H12ClNO2/c11-10-3-8(12)2-1-7(10)4-14-9-5-13-6-9/h1-3,9H,4-6,12H2. The van der Waals surface area contributed by atoms with Crippen molar-refractivity contribution in [3.8, 4) is 0 Å². The number of rotatable bonds is 3. The summed E-state index contributed by atoms with van der Waals surface area (Å²) in [5, 5.41) is 0.658. The Bertz CT molecular complexity index is 326. The fourth-order valence-corrected chi connectivity index (χ4v) is 1.44. The first-order valence-corrected chi connectivity index (χ1v) is 4.87. The molecule has 0 spiro atoms. The van der Waals surface area contributed by atoms with Crippen molar-refractivity contribution >= 4 is 17.3 Å². The lowest BCUT2D eigenvalue weighted by Crippen LogP contribution is -2.35. The van der Waals surface area contributed by atoms with E-state index in [0.29, 0.717) is 30.5 Å². The maximum atomic E-state index is 5.98. The summed E-state index contributed by atoms with van der Waals surface area (Å²) in [5.41, 5.74) is 7.21. The van der Waals surface area contributed by atoms with Crippen LogP contribution in [-0.4, -0.2) is 19.3 Å². The van der Waals surface area contributed by atoms with E-state index in [1.807, 2.05) is 12.1 Å². The molecule has 0 saturated carbocycles. The first-order chi connectivity index (χ1) is 6.75. The van der Waals surface area contributed by atoms with Crippen LogP contribution < -0.4 is 5.73 Å². The Morgan fingerprint density at radius 1 is 1.50 bits per heavy atom. The summed E-state index contributed by atoms with van der Waals surface area (Å²) in [7, 11) is 0. The van der Waals surface area contributed by atoms with Crippen molar-refractivity contribution in [1.82, 2.24) is 0 Å². The zero-order chi connectivity index (χ0) is 9.97. The van der Waals surface area contributed by atoms with Crippen molar-refractivity contribution in [2.24, 2.45) is 0 Å². The average molecular weight is 214 g/mol. The van der Waals surface area contributed by atoms with Crippen molar-refractivity contribution < 1.29 is 9.47 Å². The highest BCUT2D eigenvalue weighted by Crippen LogP contribution is 2.21. The maximum Gasteiger partial charge on any atom is 0.105 e. The lowest BCUT2D eigenvalue weighted by atomic mass is 10.2. The molecule has 2 rings (SSSR count). The second-order valence-electron chi connectivity index (χ2n) is 3.32. The summed E-state index contributed by atoms with van der Waals surface area (Å²) < 4.78 is 10.5. The molecule has 1 aromatic carbocycles. The van der Waals surface area contributed by atoms with Crippen molar-refractivity contribution in [2.45, 2.75) is 12.7 Å². The van der Waals surface area contributed by atoms with Gasteiger partial charge in [-0.25, -0.2) is 0 Å². The molecule has 1 heterocycles. The molecule has 1 aliphatic rings. The van der Waals surface area contributed by atoms with Crippen molar-refractivity contribution in [1.29, 1.82) is 0 Å². The van der Waals surface area contributed by atoms with Crippen LogP contribution in [0.4, 0.5) is 5.69 Å². The number of halogens is 1. The fraction of sp³-hybridized carbons (Fsp3) is 0.400. The molecule has 4 heteroatoms. The Hall–Kier alpha value is -0.770. The molecular weight excluding hydrogens is 202 g/mol. The minimum Gasteiger partial charge on any atom is -0.399 e. The quantitative estimate of drug-likeness (QED) is 0.780. The largest absolute Gasteiger partial charge is 0.399 e. The van der Waals surface area contributed by atoms with E-state index in [1.165, 1.54) is 0 Å². The van der Waals surface area contributed by atoms with E-state index < -0.39 is 0 Å². The minimum absolute atomic E-state index is 0.226. The Balaban J connectivity index is 1.94. The molecule has 1 fully saturated rings. The molecule has 1 aliphatic heterocycles. The van der Waals surface area contributed by atoms with Crippen molar-refractivity contribution in [2.75, 3.05) is 18.9 Å². The zero-order valence-corrected chi connectivity index (χ0v) is 8.46. The van der Waals surface area contributed by atoms with E-state index in [0.717, 1.165) is 5.56 Å². The Kier molecular flexibility index (Phi) is 2.91. The van der Waals surface area contributed by atoms with Crippen LogP contribution in [0.25, 0.3) is 0 Å². The monoisotopic (exact) mass is 213 g/mol. The fourth-order valence-electron chi connectivity index (χ4n) is 1.20. The Morgan fingerprint density at radius 3 is 2.86 bits per heavy atom. The van der Waals surface area contributed by atoms with Crippen LogP contribution in [0, 0.1) is 0 Å². The van der Waals surface area contributed by atoms with E-state index in [2.05, 4.69) is 0 Å². The molecule has 0 unspecified atom stereocenters. The van der Waals surface area contributed by atoms with Gasteiger partial charge in [0.2, 0.25) is 0 Å². The normalized spacial score (nSPS) is 16.6. The highest BCUT2D eigenvalue weighted by Gasteiger charge is 2.18. The van der Waals surface area contributed by atoms with Gasteiger partial charge in [-0.15, -0.1) is 0 Å². The Labute approximate surface area is 87.8 Å². The molecule has 3 nitrogen and oxygen atoms in total. The lowest BCUT2D eigenvalue weighted by Gasteiger charge is -2.26. The third-order valence-corrected chi connectivity index (χ3v) is 2.51. The third kappa shape index (κ3) is 2.18. The summed E-state index contributed by atoms with van der Waals surface area (Å²) in [6.45, 7) is 1.90. The number of anilines is 1. The highest BCUT2D eigenvalue weighted by molar-refractivity contribution is 6.31. The van der Waals surface area contributed by atoms with Gasteiger partial charge in [-0.2, -0.15) is 0 Å². The molecule has 0 aliphatic carbocycles. The van der Waals surface area contributed by atoms with Crippen LogP contribution in [0.3, 0.4) is 0 Å². The zero-order valence-electron chi connectivity index (χ0n) is 7.70. The van der Waals surface area contributed by atoms with Crippen molar-refractivity contribution in [3.63, 3.8) is 0 Å². The molecule has 0 radical (unpaired) electrons. The minimum atomic E-state index is 0.226. The van der Waals surface area contributed by atoms with E-state index in [1.54, 1.807) is 6.07 Å². The summed E-state index contributed by atoms with van der Waals surface area (Å²) >= 11 is 5.98. The maximum absolute atomic E-state index is 5.98. The predicted octanol–water partition coefficient (Wildman–Crippen LogP) is 1.84. The third-order valence-electron chi connectivity index (χ3n) is 2.16. The van der Waals surface area contributed by atoms with E-state index in [-0.39, 0.29) is 6.10 Å². The number of hydrogen-bond donors (Lipinski definition) is 1. The molecule has 0 aromatic heterocycles. The summed E-state index contributed by atoms with van der Waals surface area (Å²) in [6, 6.07) is 5.44. The van der Waals surface area contributed by atoms with Crippen molar-refractivity contribution in [3.05, 3.63) is 28.8 Å². The number of benzene rings is 1. The molecular formula is C10H12ClNO2. The molecule has 2 N–H and O–H groups in total. The molecule has 0 bridgehead atoms. The Morgan fingerprint density at radius 2 is 2.29 bits per heavy atom. The van der Waals surface area contributed by atoms with Gasteiger partial charge in [0.1, 0.15) is 6.10 Å². The van der Waals surface area contributed by atoms with Crippen LogP contribution >= 0.6 is 11.6 Å². The van der Waals surface area contributed by atoms with Gasteiger partial charge in [-0.3, -0.25) is 0 Å². The smallest absolute Gasteiger partial charge is 0.105 e. The lowest BCUT2D eigenvalue weighted by molar-refractivity contribution is -0.135. The summed E-state index contributed by atoms with van der Waals surface area (Å²) in [4.78, 5) is 0. The van der Waals surface area contributed by atoms with Crippen LogP contribution in [-0.2, 0) is 16.1 Å². The highest BCUT2D eigenvalue weighted by atomic mass is 35.5. The van der Waals surface area contributed by atoms with Crippen LogP contribution in [0.15, 0.2) is 18.2 Å². The SMILES string of the molecule is Nc1ccc(COC2COC2)c(Cl)c1. The van der Waals surface area contributed by atoms with E-state index in [9.17, 15) is 0 Å². The molecule has 1 aromatic rings. The van der Waals surface area contributed by atoms with Gasteiger partial charge in [0.15, 0.2) is 0 Å². The molecule has 76 valence electrons.